The summed E-state index contributed by atoms with van der Waals surface area (Å²) in [5.74, 6) is -0.229. The minimum absolute atomic E-state index is 0.0499. The fraction of sp³-hybridized carbons (Fsp3) is 0.217. The van der Waals surface area contributed by atoms with Crippen molar-refractivity contribution in [1.29, 1.82) is 0 Å². The maximum Gasteiger partial charge on any atom is 0.339 e. The van der Waals surface area contributed by atoms with Crippen molar-refractivity contribution in [2.75, 3.05) is 17.7 Å². The molecule has 2 N–H and O–H groups in total. The van der Waals surface area contributed by atoms with Gasteiger partial charge in [0, 0.05) is 12.2 Å². The number of hydrogen-bond acceptors (Lipinski definition) is 7. The van der Waals surface area contributed by atoms with Gasteiger partial charge in [0.1, 0.15) is 5.75 Å². The summed E-state index contributed by atoms with van der Waals surface area (Å²) >= 11 is 7.29. The number of halogens is 1. The number of esters is 1. The first kappa shape index (κ1) is 24.3. The molecule has 0 aliphatic rings. The zero-order valence-electron chi connectivity index (χ0n) is 18.0. The number of phenols is 1. The second kappa shape index (κ2) is 11.5. The number of thioether (sulfide) groups is 1. The maximum absolute atomic E-state index is 12.5. The average molecular weight is 487 g/mol. The molecule has 0 saturated carbocycles. The van der Waals surface area contributed by atoms with Crippen LogP contribution in [-0.4, -0.2) is 44.1 Å². The number of phenolic OH excluding ortho intramolecular Hbond substituents is 1. The Kier molecular flexibility index (Phi) is 8.51. The maximum atomic E-state index is 12.5. The first-order valence-electron chi connectivity index (χ1n) is 10.2. The van der Waals surface area contributed by atoms with Crippen LogP contribution in [0.5, 0.6) is 5.75 Å². The van der Waals surface area contributed by atoms with Gasteiger partial charge in [0.05, 0.1) is 28.5 Å². The SMILES string of the molecule is C=CCn1c(SCC(=O)Nc2ccc(Cl)c(C(=O)OCCC)c2)nnc1-c1ccccc1O. The minimum atomic E-state index is -0.540. The van der Waals surface area contributed by atoms with E-state index in [1.54, 1.807) is 41.0 Å². The van der Waals surface area contributed by atoms with Crippen LogP contribution in [0.15, 0.2) is 60.3 Å². The lowest BCUT2D eigenvalue weighted by molar-refractivity contribution is -0.113. The number of aromatic hydroxyl groups is 1. The van der Waals surface area contributed by atoms with Crippen molar-refractivity contribution in [2.45, 2.75) is 25.0 Å². The molecule has 172 valence electrons. The predicted molar refractivity (Wildman–Crippen MR) is 129 cm³/mol. The minimum Gasteiger partial charge on any atom is -0.507 e. The summed E-state index contributed by atoms with van der Waals surface area (Å²) in [7, 11) is 0. The number of nitrogens with zero attached hydrogens (tertiary/aromatic N) is 3. The number of anilines is 1. The Morgan fingerprint density at radius 2 is 2.06 bits per heavy atom. The number of carbonyl (C=O) groups is 2. The van der Waals surface area contributed by atoms with Gasteiger partial charge in [-0.1, -0.05) is 48.5 Å². The molecule has 3 aromatic rings. The highest BCUT2D eigenvalue weighted by molar-refractivity contribution is 7.99. The Hall–Kier alpha value is -3.30. The quantitative estimate of drug-likeness (QED) is 0.241. The van der Waals surface area contributed by atoms with Gasteiger partial charge < -0.3 is 15.2 Å². The van der Waals surface area contributed by atoms with Gasteiger partial charge in [0.2, 0.25) is 5.91 Å². The molecule has 0 aliphatic heterocycles. The Bertz CT molecular complexity index is 1170. The van der Waals surface area contributed by atoms with Crippen LogP contribution in [0.25, 0.3) is 11.4 Å². The van der Waals surface area contributed by atoms with Gasteiger partial charge in [-0.3, -0.25) is 9.36 Å². The summed E-state index contributed by atoms with van der Waals surface area (Å²) in [5.41, 5.74) is 1.15. The van der Waals surface area contributed by atoms with E-state index in [9.17, 15) is 14.7 Å². The molecule has 1 aromatic heterocycles. The van der Waals surface area contributed by atoms with E-state index in [1.165, 1.54) is 23.9 Å². The molecule has 2 aromatic carbocycles. The number of aromatic nitrogens is 3. The van der Waals surface area contributed by atoms with Crippen molar-refractivity contribution >= 4 is 40.9 Å². The van der Waals surface area contributed by atoms with Crippen LogP contribution in [0.3, 0.4) is 0 Å². The standard InChI is InChI=1S/C23H23ClN4O4S/c1-3-11-28-21(16-7-5-6-8-19(16)29)26-27-23(28)33-14-20(30)25-15-9-10-18(24)17(13-15)22(31)32-12-4-2/h3,5-10,13,29H,1,4,11-12,14H2,2H3,(H,25,30). The Morgan fingerprint density at radius 1 is 1.27 bits per heavy atom. The zero-order chi connectivity index (χ0) is 23.8. The molecule has 8 nitrogen and oxygen atoms in total. The van der Waals surface area contributed by atoms with Gasteiger partial charge in [0.15, 0.2) is 11.0 Å². The number of benzene rings is 2. The molecule has 10 heteroatoms. The number of nitrogens with one attached hydrogen (secondary N) is 1. The fourth-order valence-corrected chi connectivity index (χ4v) is 3.85. The van der Waals surface area contributed by atoms with Crippen LogP contribution in [-0.2, 0) is 16.1 Å². The van der Waals surface area contributed by atoms with Crippen LogP contribution in [0, 0.1) is 0 Å². The smallest absolute Gasteiger partial charge is 0.339 e. The van der Waals surface area contributed by atoms with Gasteiger partial charge in [-0.05, 0) is 36.8 Å². The normalized spacial score (nSPS) is 10.6. The molecule has 0 aliphatic carbocycles. The Labute approximate surface area is 200 Å². The second-order valence-corrected chi connectivity index (χ2v) is 8.24. The van der Waals surface area contributed by atoms with Crippen molar-refractivity contribution in [3.05, 3.63) is 65.7 Å². The number of para-hydroxylation sites is 1. The molecule has 0 radical (unpaired) electrons. The topological polar surface area (TPSA) is 106 Å². The van der Waals surface area contributed by atoms with E-state index in [4.69, 9.17) is 16.3 Å². The van der Waals surface area contributed by atoms with Crippen molar-refractivity contribution in [1.82, 2.24) is 14.8 Å². The van der Waals surface area contributed by atoms with Crippen molar-refractivity contribution in [2.24, 2.45) is 0 Å². The number of carbonyl (C=O) groups excluding carboxylic acids is 2. The van der Waals surface area contributed by atoms with Crippen LogP contribution < -0.4 is 5.32 Å². The third-order valence-electron chi connectivity index (χ3n) is 4.41. The van der Waals surface area contributed by atoms with E-state index in [0.717, 1.165) is 0 Å². The molecule has 3 rings (SSSR count). The summed E-state index contributed by atoms with van der Waals surface area (Å²) in [6.07, 6.45) is 2.38. The van der Waals surface area contributed by atoms with Crippen LogP contribution in [0.4, 0.5) is 5.69 Å². The average Bonchev–Trinajstić information content (AvgIpc) is 3.20. The summed E-state index contributed by atoms with van der Waals surface area (Å²) in [5, 5.41) is 22.0. The van der Waals surface area contributed by atoms with Gasteiger partial charge in [-0.2, -0.15) is 0 Å². The molecular formula is C23H23ClN4O4S. The number of rotatable bonds is 10. The first-order valence-corrected chi connectivity index (χ1v) is 11.5. The second-order valence-electron chi connectivity index (χ2n) is 6.89. The fourth-order valence-electron chi connectivity index (χ4n) is 2.91. The number of allylic oxidation sites excluding steroid dienone is 1. The van der Waals surface area contributed by atoms with E-state index in [0.29, 0.717) is 35.2 Å². The molecule has 0 bridgehead atoms. The van der Waals surface area contributed by atoms with Crippen LogP contribution in [0.2, 0.25) is 5.02 Å². The van der Waals surface area contributed by atoms with Gasteiger partial charge >= 0.3 is 5.97 Å². The first-order chi connectivity index (χ1) is 15.9. The summed E-state index contributed by atoms with van der Waals surface area (Å²) in [6, 6.07) is 11.5. The molecule has 0 saturated heterocycles. The third kappa shape index (κ3) is 6.15. The van der Waals surface area contributed by atoms with Crippen LogP contribution >= 0.6 is 23.4 Å². The number of ether oxygens (including phenoxy) is 1. The van der Waals surface area contributed by atoms with E-state index in [1.807, 2.05) is 6.92 Å². The predicted octanol–water partition coefficient (Wildman–Crippen LogP) is 4.79. The largest absolute Gasteiger partial charge is 0.507 e. The highest BCUT2D eigenvalue weighted by Crippen LogP contribution is 2.30. The molecule has 0 unspecified atom stereocenters. The molecular weight excluding hydrogens is 464 g/mol. The summed E-state index contributed by atoms with van der Waals surface area (Å²) in [4.78, 5) is 24.7. The van der Waals surface area contributed by atoms with E-state index < -0.39 is 5.97 Å². The Balaban J connectivity index is 1.70. The number of hydrogen-bond donors (Lipinski definition) is 2. The lowest BCUT2D eigenvalue weighted by atomic mass is 10.2. The summed E-state index contributed by atoms with van der Waals surface area (Å²) in [6.45, 7) is 6.34. The molecule has 1 amide bonds. The molecule has 0 spiro atoms. The highest BCUT2D eigenvalue weighted by Gasteiger charge is 2.18. The van der Waals surface area contributed by atoms with E-state index >= 15 is 0 Å². The lowest BCUT2D eigenvalue weighted by Crippen LogP contribution is -2.15. The Morgan fingerprint density at radius 3 is 2.79 bits per heavy atom. The molecule has 1 heterocycles. The number of amides is 1. The third-order valence-corrected chi connectivity index (χ3v) is 5.71. The van der Waals surface area contributed by atoms with E-state index in [2.05, 4.69) is 22.1 Å². The monoisotopic (exact) mass is 486 g/mol. The van der Waals surface area contributed by atoms with Crippen LogP contribution in [0.1, 0.15) is 23.7 Å². The molecule has 0 fully saturated rings. The van der Waals surface area contributed by atoms with Gasteiger partial charge in [0.25, 0.3) is 0 Å². The van der Waals surface area contributed by atoms with Gasteiger partial charge in [-0.25, -0.2) is 4.79 Å². The van der Waals surface area contributed by atoms with Crippen molar-refractivity contribution < 1.29 is 19.4 Å². The molecule has 0 atom stereocenters. The zero-order valence-corrected chi connectivity index (χ0v) is 19.5. The van der Waals surface area contributed by atoms with E-state index in [-0.39, 0.29) is 34.6 Å². The van der Waals surface area contributed by atoms with Crippen molar-refractivity contribution in [3.63, 3.8) is 0 Å². The lowest BCUT2D eigenvalue weighted by Gasteiger charge is -2.10. The highest BCUT2D eigenvalue weighted by atomic mass is 35.5. The summed E-state index contributed by atoms with van der Waals surface area (Å²) < 4.78 is 6.89. The van der Waals surface area contributed by atoms with Gasteiger partial charge in [-0.15, -0.1) is 16.8 Å². The van der Waals surface area contributed by atoms with Crippen molar-refractivity contribution in [3.8, 4) is 17.1 Å². The molecule has 33 heavy (non-hydrogen) atoms.